The highest BCUT2D eigenvalue weighted by Crippen LogP contribution is 2.36. The van der Waals surface area contributed by atoms with Crippen LogP contribution in [-0.2, 0) is 17.4 Å². The Balaban J connectivity index is 1.52. The zero-order chi connectivity index (χ0) is 21.5. The number of halogens is 4. The van der Waals surface area contributed by atoms with E-state index in [1.807, 2.05) is 24.3 Å². The number of imidazole rings is 1. The molecule has 0 bridgehead atoms. The number of piperidine rings is 1. The van der Waals surface area contributed by atoms with Gasteiger partial charge in [0.05, 0.1) is 23.0 Å². The molecule has 158 valence electrons. The zero-order valence-corrected chi connectivity index (χ0v) is 17.5. The van der Waals surface area contributed by atoms with Crippen molar-refractivity contribution >= 4 is 32.9 Å². The lowest BCUT2D eigenvalue weighted by Gasteiger charge is -2.33. The van der Waals surface area contributed by atoms with E-state index in [0.29, 0.717) is 25.9 Å². The van der Waals surface area contributed by atoms with Crippen LogP contribution in [-0.4, -0.2) is 33.4 Å². The second-order valence-electron chi connectivity index (χ2n) is 7.41. The lowest BCUT2D eigenvalue weighted by molar-refractivity contribution is -0.136. The summed E-state index contributed by atoms with van der Waals surface area (Å²) in [6, 6.07) is 10.8. The molecule has 0 radical (unpaired) electrons. The predicted octanol–water partition coefficient (Wildman–Crippen LogP) is 4.52. The minimum Gasteiger partial charge on any atom is -0.342 e. The van der Waals surface area contributed by atoms with Crippen molar-refractivity contribution in [3.8, 4) is 0 Å². The molecule has 4 rings (SSSR count). The van der Waals surface area contributed by atoms with Crippen LogP contribution in [0.3, 0.4) is 0 Å². The Labute approximate surface area is 178 Å². The number of rotatable bonds is 3. The number of hydrogen-bond acceptors (Lipinski definition) is 2. The van der Waals surface area contributed by atoms with Crippen LogP contribution in [0, 0.1) is 0 Å². The van der Waals surface area contributed by atoms with Crippen molar-refractivity contribution < 1.29 is 18.0 Å². The molecule has 1 aliphatic heterocycles. The number of aromatic amines is 1. The molecule has 0 aliphatic carbocycles. The minimum absolute atomic E-state index is 0.0296. The summed E-state index contributed by atoms with van der Waals surface area (Å²) in [4.78, 5) is 29.3. The first-order valence-electron chi connectivity index (χ1n) is 9.56. The van der Waals surface area contributed by atoms with Crippen LogP contribution >= 0.6 is 15.9 Å². The number of nitrogens with zero attached hydrogens (tertiary/aromatic N) is 2. The molecule has 5 nitrogen and oxygen atoms in total. The van der Waals surface area contributed by atoms with Gasteiger partial charge in [0.2, 0.25) is 5.91 Å². The third-order valence-electron chi connectivity index (χ3n) is 5.49. The summed E-state index contributed by atoms with van der Waals surface area (Å²) in [6.45, 7) is 0.792. The van der Waals surface area contributed by atoms with E-state index in [-0.39, 0.29) is 23.4 Å². The summed E-state index contributed by atoms with van der Waals surface area (Å²) in [6.07, 6.45) is -3.45. The van der Waals surface area contributed by atoms with Gasteiger partial charge in [-0.2, -0.15) is 13.2 Å². The summed E-state index contributed by atoms with van der Waals surface area (Å²) in [7, 11) is 0. The van der Waals surface area contributed by atoms with E-state index in [9.17, 15) is 22.8 Å². The molecule has 1 amide bonds. The van der Waals surface area contributed by atoms with Crippen molar-refractivity contribution in [2.45, 2.75) is 31.5 Å². The maximum Gasteiger partial charge on any atom is 0.418 e. The summed E-state index contributed by atoms with van der Waals surface area (Å²) in [5, 5.41) is 0. The molecule has 0 saturated carbocycles. The van der Waals surface area contributed by atoms with Crippen LogP contribution in [0.1, 0.15) is 30.0 Å². The topological polar surface area (TPSA) is 58.1 Å². The van der Waals surface area contributed by atoms with Gasteiger partial charge < -0.3 is 9.88 Å². The number of fused-ring (bicyclic) bond motifs is 1. The molecule has 1 aromatic heterocycles. The smallest absolute Gasteiger partial charge is 0.342 e. The van der Waals surface area contributed by atoms with E-state index in [0.717, 1.165) is 16.1 Å². The van der Waals surface area contributed by atoms with E-state index in [4.69, 9.17) is 0 Å². The zero-order valence-electron chi connectivity index (χ0n) is 15.9. The molecule has 3 aromatic rings. The highest BCUT2D eigenvalue weighted by Gasteiger charge is 2.36. The van der Waals surface area contributed by atoms with Crippen LogP contribution in [0.25, 0.3) is 11.0 Å². The van der Waals surface area contributed by atoms with Crippen molar-refractivity contribution in [1.82, 2.24) is 14.5 Å². The molecule has 2 aromatic carbocycles. The molecule has 1 N–H and O–H groups in total. The van der Waals surface area contributed by atoms with Crippen molar-refractivity contribution in [2.24, 2.45) is 0 Å². The molecule has 1 fully saturated rings. The summed E-state index contributed by atoms with van der Waals surface area (Å²) < 4.78 is 42.6. The Kier molecular flexibility index (Phi) is 5.48. The number of amides is 1. The lowest BCUT2D eigenvalue weighted by atomic mass is 10.0. The van der Waals surface area contributed by atoms with Crippen LogP contribution in [0.15, 0.2) is 51.7 Å². The number of benzene rings is 2. The number of carbonyl (C=O) groups is 1. The Hall–Kier alpha value is -2.55. The highest BCUT2D eigenvalue weighted by molar-refractivity contribution is 9.10. The van der Waals surface area contributed by atoms with Gasteiger partial charge in [0.15, 0.2) is 0 Å². The fourth-order valence-corrected chi connectivity index (χ4v) is 4.28. The third-order valence-corrected chi connectivity index (χ3v) is 6.02. The van der Waals surface area contributed by atoms with E-state index < -0.39 is 23.5 Å². The Bertz CT molecular complexity index is 1130. The van der Waals surface area contributed by atoms with Gasteiger partial charge in [-0.15, -0.1) is 0 Å². The quantitative estimate of drug-likeness (QED) is 0.597. The number of alkyl halides is 3. The average Bonchev–Trinajstić information content (AvgIpc) is 3.04. The summed E-state index contributed by atoms with van der Waals surface area (Å²) >= 11 is 3.36. The van der Waals surface area contributed by atoms with Crippen LogP contribution < -0.4 is 5.69 Å². The molecule has 2 heterocycles. The predicted molar refractivity (Wildman–Crippen MR) is 110 cm³/mol. The van der Waals surface area contributed by atoms with Gasteiger partial charge in [-0.05, 0) is 42.7 Å². The monoisotopic (exact) mass is 481 g/mol. The highest BCUT2D eigenvalue weighted by atomic mass is 79.9. The van der Waals surface area contributed by atoms with Gasteiger partial charge >= 0.3 is 11.9 Å². The third kappa shape index (κ3) is 4.03. The first kappa shape index (κ1) is 20.7. The number of para-hydroxylation sites is 1. The number of carbonyl (C=O) groups excluding carboxylic acids is 1. The number of nitrogens with one attached hydrogen (secondary N) is 1. The molecule has 0 atom stereocenters. The van der Waals surface area contributed by atoms with Gasteiger partial charge in [-0.1, -0.05) is 34.1 Å². The van der Waals surface area contributed by atoms with Crippen LogP contribution in [0.4, 0.5) is 13.2 Å². The van der Waals surface area contributed by atoms with Crippen LogP contribution in [0.2, 0.25) is 0 Å². The second kappa shape index (κ2) is 7.94. The Morgan fingerprint density at radius 2 is 1.77 bits per heavy atom. The molecule has 9 heteroatoms. The fourth-order valence-electron chi connectivity index (χ4n) is 4.02. The maximum atomic E-state index is 13.5. The van der Waals surface area contributed by atoms with E-state index in [2.05, 4.69) is 20.9 Å². The molecule has 1 saturated heterocycles. The number of H-pyrrole nitrogens is 1. The standard InChI is InChI=1S/C21H19BrF3N3O2/c22-14-6-4-13(5-7-14)12-18(29)27-10-8-15(9-11-27)28-19-16(21(23,24)25)2-1-3-17(19)26-20(28)30/h1-7,15H,8-12H2,(H,26,30). The minimum atomic E-state index is -4.56. The Morgan fingerprint density at radius 1 is 1.10 bits per heavy atom. The molecule has 0 unspecified atom stereocenters. The summed E-state index contributed by atoms with van der Waals surface area (Å²) in [5.41, 5.74) is -0.431. The normalized spacial score (nSPS) is 15.7. The van der Waals surface area contributed by atoms with Crippen molar-refractivity contribution in [2.75, 3.05) is 13.1 Å². The number of hydrogen-bond donors (Lipinski definition) is 1. The van der Waals surface area contributed by atoms with Crippen molar-refractivity contribution in [3.63, 3.8) is 0 Å². The molecule has 30 heavy (non-hydrogen) atoms. The van der Waals surface area contributed by atoms with Gasteiger partial charge in [-0.25, -0.2) is 4.79 Å². The van der Waals surface area contributed by atoms with Crippen LogP contribution in [0.5, 0.6) is 0 Å². The first-order chi connectivity index (χ1) is 14.2. The van der Waals surface area contributed by atoms with Gasteiger partial charge in [0.1, 0.15) is 0 Å². The largest absolute Gasteiger partial charge is 0.418 e. The summed E-state index contributed by atoms with van der Waals surface area (Å²) in [5.74, 6) is -0.0296. The first-order valence-corrected chi connectivity index (χ1v) is 10.4. The van der Waals surface area contributed by atoms with Crippen molar-refractivity contribution in [3.05, 3.63) is 68.5 Å². The maximum absolute atomic E-state index is 13.5. The van der Waals surface area contributed by atoms with Gasteiger partial charge in [0.25, 0.3) is 0 Å². The molecular formula is C21H19BrF3N3O2. The average molecular weight is 482 g/mol. The molecule has 1 aliphatic rings. The van der Waals surface area contributed by atoms with Gasteiger partial charge in [0, 0.05) is 23.6 Å². The van der Waals surface area contributed by atoms with E-state index in [1.54, 1.807) is 4.90 Å². The number of aromatic nitrogens is 2. The molecular weight excluding hydrogens is 463 g/mol. The number of likely N-dealkylation sites (tertiary alicyclic amines) is 1. The van der Waals surface area contributed by atoms with Gasteiger partial charge in [-0.3, -0.25) is 9.36 Å². The second-order valence-corrected chi connectivity index (χ2v) is 8.33. The Morgan fingerprint density at radius 3 is 2.40 bits per heavy atom. The van der Waals surface area contributed by atoms with E-state index in [1.165, 1.54) is 16.7 Å². The van der Waals surface area contributed by atoms with Crippen molar-refractivity contribution in [1.29, 1.82) is 0 Å². The van der Waals surface area contributed by atoms with E-state index >= 15 is 0 Å². The lowest BCUT2D eigenvalue weighted by Crippen LogP contribution is -2.41. The fraction of sp³-hybridized carbons (Fsp3) is 0.333. The SMILES string of the molecule is O=C(Cc1ccc(Br)cc1)N1CCC(n2c(=O)[nH]c3cccc(C(F)(F)F)c32)CC1. The molecule has 0 spiro atoms.